The summed E-state index contributed by atoms with van der Waals surface area (Å²) in [6, 6.07) is 9.43. The minimum Gasteiger partial charge on any atom is -0.504 e. The number of carbonyl (C=O) groups excluding carboxylic acids is 1. The Morgan fingerprint density at radius 1 is 1.32 bits per heavy atom. The van der Waals surface area contributed by atoms with E-state index in [1.165, 1.54) is 0 Å². The first-order valence-electron chi connectivity index (χ1n) is 11.4. The summed E-state index contributed by atoms with van der Waals surface area (Å²) >= 11 is 0. The van der Waals surface area contributed by atoms with Gasteiger partial charge in [0.2, 0.25) is 0 Å². The topological polar surface area (TPSA) is 110 Å². The molecular formula is C26H31BrN4O3. The van der Waals surface area contributed by atoms with Crippen LogP contribution in [0.25, 0.3) is 0 Å². The number of ketones is 1. The normalized spacial score (nSPS) is 14.9. The zero-order valence-electron chi connectivity index (χ0n) is 19.9. The highest BCUT2D eigenvalue weighted by Crippen LogP contribution is 2.40. The van der Waals surface area contributed by atoms with Gasteiger partial charge in [-0.3, -0.25) is 10.2 Å². The Morgan fingerprint density at radius 3 is 2.71 bits per heavy atom. The van der Waals surface area contributed by atoms with E-state index in [-0.39, 0.29) is 53.3 Å². The summed E-state index contributed by atoms with van der Waals surface area (Å²) in [6.07, 6.45) is 3.20. The lowest BCUT2D eigenvalue weighted by atomic mass is 9.84. The van der Waals surface area contributed by atoms with E-state index >= 15 is 0 Å². The Balaban J connectivity index is 0.00000324. The number of nitrogens with one attached hydrogen (secondary N) is 1. The fraction of sp³-hybridized carbons (Fsp3) is 0.462. The van der Waals surface area contributed by atoms with Gasteiger partial charge in [0.05, 0.1) is 19.2 Å². The largest absolute Gasteiger partial charge is 0.504 e. The van der Waals surface area contributed by atoms with Gasteiger partial charge in [0, 0.05) is 41.3 Å². The van der Waals surface area contributed by atoms with Gasteiger partial charge >= 0.3 is 0 Å². The van der Waals surface area contributed by atoms with Crippen molar-refractivity contribution in [3.63, 3.8) is 0 Å². The molecule has 1 aliphatic heterocycles. The van der Waals surface area contributed by atoms with E-state index in [0.29, 0.717) is 42.1 Å². The van der Waals surface area contributed by atoms with Crippen molar-refractivity contribution in [2.24, 2.45) is 0 Å². The number of rotatable bonds is 8. The summed E-state index contributed by atoms with van der Waals surface area (Å²) < 4.78 is 5.73. The van der Waals surface area contributed by atoms with Gasteiger partial charge in [0.25, 0.3) is 0 Å². The van der Waals surface area contributed by atoms with Crippen LogP contribution in [0.3, 0.4) is 0 Å². The van der Waals surface area contributed by atoms with Gasteiger partial charge in [0.15, 0.2) is 17.3 Å². The van der Waals surface area contributed by atoms with Crippen LogP contribution >= 0.6 is 17.0 Å². The number of benzene rings is 1. The van der Waals surface area contributed by atoms with Gasteiger partial charge in [-0.05, 0) is 42.9 Å². The van der Waals surface area contributed by atoms with Crippen LogP contribution in [0.1, 0.15) is 85.2 Å². The Hall–Kier alpha value is -2.92. The predicted octanol–water partition coefficient (Wildman–Crippen LogP) is 5.25. The molecule has 7 nitrogen and oxygen atoms in total. The number of pyridine rings is 1. The lowest BCUT2D eigenvalue weighted by Crippen LogP contribution is -2.30. The number of nitriles is 1. The van der Waals surface area contributed by atoms with Crippen LogP contribution in [0, 0.1) is 16.7 Å². The van der Waals surface area contributed by atoms with Crippen LogP contribution in [0.4, 0.5) is 0 Å². The number of aromatic nitrogens is 1. The smallest absolute Gasteiger partial charge is 0.182 e. The second-order valence-electron chi connectivity index (χ2n) is 9.88. The monoisotopic (exact) mass is 526 g/mol. The number of aromatic hydroxyl groups is 1. The molecule has 2 aliphatic rings. The molecule has 0 atom stereocenters. The summed E-state index contributed by atoms with van der Waals surface area (Å²) in [5.41, 5.74) is 3.35. The van der Waals surface area contributed by atoms with E-state index in [0.717, 1.165) is 24.1 Å². The fourth-order valence-corrected chi connectivity index (χ4v) is 4.06. The third-order valence-electron chi connectivity index (χ3n) is 6.13. The van der Waals surface area contributed by atoms with Gasteiger partial charge in [0.1, 0.15) is 11.5 Å². The quantitative estimate of drug-likeness (QED) is 0.359. The van der Waals surface area contributed by atoms with Gasteiger partial charge in [-0.25, -0.2) is 4.98 Å². The summed E-state index contributed by atoms with van der Waals surface area (Å²) in [5.74, 6) is 0.914. The van der Waals surface area contributed by atoms with Crippen molar-refractivity contribution in [1.82, 2.24) is 9.88 Å². The molecule has 0 unspecified atom stereocenters. The van der Waals surface area contributed by atoms with E-state index < -0.39 is 5.41 Å². The SMILES string of the molecule is Br.CC(C)(C)c1cc(C(=O)CN2Cc3ccc(C4CC4)nc3C2=N)cc(OCCCC#N)c1O. The van der Waals surface area contributed by atoms with Crippen molar-refractivity contribution in [2.45, 2.75) is 64.3 Å². The molecule has 2 aromatic rings. The van der Waals surface area contributed by atoms with Crippen molar-refractivity contribution in [1.29, 1.82) is 10.7 Å². The van der Waals surface area contributed by atoms with Crippen molar-refractivity contribution >= 4 is 28.6 Å². The molecule has 0 bridgehead atoms. The maximum absolute atomic E-state index is 13.3. The first-order chi connectivity index (χ1) is 15.7. The number of unbranched alkanes of at least 4 members (excludes halogenated alkanes) is 1. The van der Waals surface area contributed by atoms with Gasteiger partial charge < -0.3 is 14.7 Å². The minimum atomic E-state index is -0.398. The molecule has 0 amide bonds. The number of halogens is 1. The van der Waals surface area contributed by atoms with Gasteiger partial charge in [-0.15, -0.1) is 17.0 Å². The van der Waals surface area contributed by atoms with Gasteiger partial charge in [-0.2, -0.15) is 5.26 Å². The molecular weight excluding hydrogens is 496 g/mol. The molecule has 8 heteroatoms. The number of hydrogen-bond acceptors (Lipinski definition) is 6. The molecule has 4 rings (SSSR count). The van der Waals surface area contributed by atoms with Gasteiger partial charge in [-0.1, -0.05) is 26.8 Å². The lowest BCUT2D eigenvalue weighted by Gasteiger charge is -2.24. The Bertz CT molecular complexity index is 1150. The lowest BCUT2D eigenvalue weighted by molar-refractivity contribution is 0.0962. The van der Waals surface area contributed by atoms with Crippen molar-refractivity contribution in [3.05, 3.63) is 52.3 Å². The van der Waals surface area contributed by atoms with E-state index in [9.17, 15) is 9.90 Å². The van der Waals surface area contributed by atoms with Crippen molar-refractivity contribution in [3.8, 4) is 17.6 Å². The number of Topliss-reactive ketones (excluding diaryl/α,β-unsaturated/α-hetero) is 1. The van der Waals surface area contributed by atoms with Crippen molar-refractivity contribution < 1.29 is 14.6 Å². The second kappa shape index (κ2) is 10.1. The fourth-order valence-electron chi connectivity index (χ4n) is 4.06. The summed E-state index contributed by atoms with van der Waals surface area (Å²) in [5, 5.41) is 28.1. The average Bonchev–Trinajstić information content (AvgIpc) is 3.57. The number of ether oxygens (including phenoxy) is 1. The first kappa shape index (κ1) is 25.7. The number of phenols is 1. The molecule has 1 fully saturated rings. The summed E-state index contributed by atoms with van der Waals surface area (Å²) in [4.78, 5) is 19.7. The number of amidine groups is 1. The molecule has 1 aromatic carbocycles. The van der Waals surface area contributed by atoms with Crippen LogP contribution in [0.15, 0.2) is 24.3 Å². The summed E-state index contributed by atoms with van der Waals surface area (Å²) in [6.45, 7) is 6.71. The van der Waals surface area contributed by atoms with Crippen LogP contribution in [0.5, 0.6) is 11.5 Å². The number of phenolic OH excluding ortho intramolecular Hbond substituents is 1. The van der Waals surface area contributed by atoms with Crippen LogP contribution in [-0.2, 0) is 12.0 Å². The van der Waals surface area contributed by atoms with Crippen LogP contribution < -0.4 is 4.74 Å². The van der Waals surface area contributed by atoms with E-state index in [1.807, 2.05) is 32.9 Å². The van der Waals surface area contributed by atoms with Crippen molar-refractivity contribution in [2.75, 3.05) is 13.2 Å². The predicted molar refractivity (Wildman–Crippen MR) is 135 cm³/mol. The Labute approximate surface area is 211 Å². The molecule has 0 spiro atoms. The first-order valence-corrected chi connectivity index (χ1v) is 11.4. The molecule has 1 aromatic heterocycles. The average molecular weight is 527 g/mol. The van der Waals surface area contributed by atoms with Crippen LogP contribution in [0.2, 0.25) is 0 Å². The molecule has 0 radical (unpaired) electrons. The maximum atomic E-state index is 13.3. The highest BCUT2D eigenvalue weighted by Gasteiger charge is 2.32. The third kappa shape index (κ3) is 5.41. The van der Waals surface area contributed by atoms with E-state index in [4.69, 9.17) is 20.4 Å². The van der Waals surface area contributed by atoms with E-state index in [2.05, 4.69) is 6.07 Å². The van der Waals surface area contributed by atoms with E-state index in [1.54, 1.807) is 17.0 Å². The minimum absolute atomic E-state index is 0. The number of fused-ring (bicyclic) bond motifs is 1. The zero-order valence-corrected chi connectivity index (χ0v) is 21.6. The standard InChI is InChI=1S/C26H30N4O3.BrH/c1-26(2,3)19-12-18(13-22(24(19)32)33-11-5-4-10-27)21(31)15-30-14-17-8-9-20(16-6-7-16)29-23(17)25(30)28;/h8-9,12-13,16,28,32H,4-7,11,14-15H2,1-3H3;1H. The highest BCUT2D eigenvalue weighted by atomic mass is 79.9. The molecule has 2 N–H and O–H groups in total. The molecule has 2 heterocycles. The Kier molecular flexibility index (Phi) is 7.67. The molecule has 34 heavy (non-hydrogen) atoms. The third-order valence-corrected chi connectivity index (χ3v) is 6.13. The Morgan fingerprint density at radius 2 is 2.06 bits per heavy atom. The zero-order chi connectivity index (χ0) is 23.8. The number of carbonyl (C=O) groups is 1. The molecule has 0 saturated heterocycles. The summed E-state index contributed by atoms with van der Waals surface area (Å²) in [7, 11) is 0. The van der Waals surface area contributed by atoms with Crippen LogP contribution in [-0.4, -0.2) is 39.8 Å². The molecule has 180 valence electrons. The molecule has 1 aliphatic carbocycles. The number of nitrogens with zero attached hydrogens (tertiary/aromatic N) is 3. The second-order valence-corrected chi connectivity index (χ2v) is 9.88. The highest BCUT2D eigenvalue weighted by molar-refractivity contribution is 8.93. The molecule has 1 saturated carbocycles. The number of hydrogen-bond donors (Lipinski definition) is 2. The maximum Gasteiger partial charge on any atom is 0.182 e.